The second kappa shape index (κ2) is 10.8. The number of carbonyl (C=O) groups excluding carboxylic acids is 1. The number of unbranched alkanes of at least 4 members (excludes halogenated alkanes) is 1. The highest BCUT2D eigenvalue weighted by atomic mass is 32.2. The van der Waals surface area contributed by atoms with Gasteiger partial charge in [-0.05, 0) is 42.9 Å². The quantitative estimate of drug-likeness (QED) is 0.470. The molecule has 0 atom stereocenters. The van der Waals surface area contributed by atoms with Crippen LogP contribution in [-0.4, -0.2) is 36.8 Å². The lowest BCUT2D eigenvalue weighted by Gasteiger charge is -2.19. The molecular formula is C18H25N3O3S2. The summed E-state index contributed by atoms with van der Waals surface area (Å²) < 4.78 is 26.5. The SMILES string of the molecule is C=CCN(CC=C)S(=O)(=O)c1ccc(NC(=S)NC(=O)CCCC)cc1. The van der Waals surface area contributed by atoms with Crippen LogP contribution in [0, 0.1) is 0 Å². The van der Waals surface area contributed by atoms with Crippen LogP contribution >= 0.6 is 12.2 Å². The maximum atomic E-state index is 12.6. The van der Waals surface area contributed by atoms with E-state index in [1.165, 1.54) is 28.6 Å². The minimum atomic E-state index is -3.64. The predicted octanol–water partition coefficient (Wildman–Crippen LogP) is 3.05. The number of carbonyl (C=O) groups is 1. The molecule has 26 heavy (non-hydrogen) atoms. The number of sulfonamides is 1. The summed E-state index contributed by atoms with van der Waals surface area (Å²) in [5.41, 5.74) is 0.587. The monoisotopic (exact) mass is 395 g/mol. The molecule has 0 saturated heterocycles. The summed E-state index contributed by atoms with van der Waals surface area (Å²) in [6.07, 6.45) is 5.19. The predicted molar refractivity (Wildman–Crippen MR) is 109 cm³/mol. The Kier molecular flexibility index (Phi) is 9.18. The first-order valence-corrected chi connectivity index (χ1v) is 10.1. The van der Waals surface area contributed by atoms with Gasteiger partial charge >= 0.3 is 0 Å². The minimum absolute atomic E-state index is 0.145. The lowest BCUT2D eigenvalue weighted by atomic mass is 10.2. The van der Waals surface area contributed by atoms with Crippen LogP contribution in [0.1, 0.15) is 26.2 Å². The molecule has 0 heterocycles. The van der Waals surface area contributed by atoms with Gasteiger partial charge in [-0.15, -0.1) is 13.2 Å². The summed E-state index contributed by atoms with van der Waals surface area (Å²) in [5.74, 6) is -0.145. The Morgan fingerprint density at radius 3 is 2.27 bits per heavy atom. The molecule has 1 rings (SSSR count). The van der Waals surface area contributed by atoms with Crippen LogP contribution in [0.4, 0.5) is 5.69 Å². The molecule has 6 nitrogen and oxygen atoms in total. The molecule has 1 aromatic carbocycles. The number of hydrogen-bond acceptors (Lipinski definition) is 4. The first-order chi connectivity index (χ1) is 12.3. The Morgan fingerprint density at radius 2 is 1.77 bits per heavy atom. The molecule has 0 radical (unpaired) electrons. The maximum absolute atomic E-state index is 12.6. The first-order valence-electron chi connectivity index (χ1n) is 8.28. The number of anilines is 1. The van der Waals surface area contributed by atoms with Gasteiger partial charge in [-0.3, -0.25) is 4.79 Å². The first kappa shape index (κ1) is 22.0. The van der Waals surface area contributed by atoms with E-state index < -0.39 is 10.0 Å². The maximum Gasteiger partial charge on any atom is 0.243 e. The average Bonchev–Trinajstić information content (AvgIpc) is 2.60. The molecular weight excluding hydrogens is 370 g/mol. The number of nitrogens with one attached hydrogen (secondary N) is 2. The Morgan fingerprint density at radius 1 is 1.19 bits per heavy atom. The second-order valence-corrected chi connectivity index (χ2v) is 7.88. The zero-order chi connectivity index (χ0) is 19.6. The van der Waals surface area contributed by atoms with Crippen LogP contribution in [0.5, 0.6) is 0 Å². The molecule has 0 aliphatic rings. The van der Waals surface area contributed by atoms with Crippen molar-refractivity contribution in [3.63, 3.8) is 0 Å². The third kappa shape index (κ3) is 6.70. The Hall–Kier alpha value is -2.03. The fourth-order valence-electron chi connectivity index (χ4n) is 2.11. The van der Waals surface area contributed by atoms with E-state index in [2.05, 4.69) is 23.8 Å². The van der Waals surface area contributed by atoms with Crippen molar-refractivity contribution >= 4 is 38.9 Å². The normalized spacial score (nSPS) is 11.0. The zero-order valence-corrected chi connectivity index (χ0v) is 16.5. The molecule has 0 aliphatic heterocycles. The summed E-state index contributed by atoms with van der Waals surface area (Å²) in [7, 11) is -3.64. The van der Waals surface area contributed by atoms with Gasteiger partial charge in [-0.1, -0.05) is 25.5 Å². The van der Waals surface area contributed by atoms with E-state index in [-0.39, 0.29) is 29.0 Å². The lowest BCUT2D eigenvalue weighted by molar-refractivity contribution is -0.119. The Bertz CT molecular complexity index is 733. The van der Waals surface area contributed by atoms with Crippen LogP contribution in [0.3, 0.4) is 0 Å². The van der Waals surface area contributed by atoms with Crippen molar-refractivity contribution in [2.24, 2.45) is 0 Å². The summed E-state index contributed by atoms with van der Waals surface area (Å²) in [4.78, 5) is 11.8. The molecule has 0 aromatic heterocycles. The molecule has 0 unspecified atom stereocenters. The van der Waals surface area contributed by atoms with Gasteiger partial charge in [0.15, 0.2) is 5.11 Å². The van der Waals surface area contributed by atoms with E-state index in [4.69, 9.17) is 12.2 Å². The third-order valence-corrected chi connectivity index (χ3v) is 5.48. The smallest absolute Gasteiger partial charge is 0.243 e. The van der Waals surface area contributed by atoms with Crippen molar-refractivity contribution in [2.75, 3.05) is 18.4 Å². The second-order valence-electron chi connectivity index (χ2n) is 5.53. The zero-order valence-electron chi connectivity index (χ0n) is 14.9. The van der Waals surface area contributed by atoms with Crippen LogP contribution in [0.15, 0.2) is 54.5 Å². The van der Waals surface area contributed by atoms with Crippen molar-refractivity contribution in [1.82, 2.24) is 9.62 Å². The standard InChI is InChI=1S/C18H25N3O3S2/c1-4-7-8-17(22)20-18(25)19-15-9-11-16(12-10-15)26(23,24)21(13-5-2)14-6-3/h5-6,9-12H,2-4,7-8,13-14H2,1H3,(H2,19,20,22,25). The number of thiocarbonyl (C=S) groups is 1. The molecule has 1 amide bonds. The van der Waals surface area contributed by atoms with Crippen molar-refractivity contribution in [3.8, 4) is 0 Å². The molecule has 0 aliphatic carbocycles. The Balaban J connectivity index is 2.78. The largest absolute Gasteiger partial charge is 0.332 e. The van der Waals surface area contributed by atoms with Gasteiger partial charge in [0, 0.05) is 25.2 Å². The number of nitrogens with zero attached hydrogens (tertiary/aromatic N) is 1. The number of hydrogen-bond donors (Lipinski definition) is 2. The Labute approximate surface area is 161 Å². The lowest BCUT2D eigenvalue weighted by Crippen LogP contribution is -2.34. The number of rotatable bonds is 10. The third-order valence-electron chi connectivity index (χ3n) is 3.43. The van der Waals surface area contributed by atoms with Crippen molar-refractivity contribution < 1.29 is 13.2 Å². The van der Waals surface area contributed by atoms with Crippen molar-refractivity contribution in [1.29, 1.82) is 0 Å². The van der Waals surface area contributed by atoms with Gasteiger partial charge in [0.05, 0.1) is 4.90 Å². The molecule has 2 N–H and O–H groups in total. The fraction of sp³-hybridized carbons (Fsp3) is 0.333. The highest BCUT2D eigenvalue weighted by Gasteiger charge is 2.22. The van der Waals surface area contributed by atoms with Crippen LogP contribution in [0.2, 0.25) is 0 Å². The van der Waals surface area contributed by atoms with Crippen LogP contribution < -0.4 is 10.6 Å². The average molecular weight is 396 g/mol. The topological polar surface area (TPSA) is 78.5 Å². The molecule has 0 spiro atoms. The van der Waals surface area contributed by atoms with E-state index in [0.29, 0.717) is 12.1 Å². The van der Waals surface area contributed by atoms with Gasteiger partial charge in [-0.2, -0.15) is 4.31 Å². The van der Waals surface area contributed by atoms with Crippen LogP contribution in [0.25, 0.3) is 0 Å². The highest BCUT2D eigenvalue weighted by molar-refractivity contribution is 7.89. The molecule has 0 saturated carbocycles. The van der Waals surface area contributed by atoms with Gasteiger partial charge < -0.3 is 10.6 Å². The number of benzene rings is 1. The van der Waals surface area contributed by atoms with E-state index in [0.717, 1.165) is 12.8 Å². The molecule has 0 bridgehead atoms. The molecule has 1 aromatic rings. The summed E-state index contributed by atoms with van der Waals surface area (Å²) >= 11 is 5.09. The van der Waals surface area contributed by atoms with Crippen molar-refractivity contribution in [2.45, 2.75) is 31.1 Å². The highest BCUT2D eigenvalue weighted by Crippen LogP contribution is 2.18. The number of amides is 1. The van der Waals surface area contributed by atoms with Gasteiger partial charge in [-0.25, -0.2) is 8.42 Å². The van der Waals surface area contributed by atoms with E-state index in [1.54, 1.807) is 12.1 Å². The minimum Gasteiger partial charge on any atom is -0.332 e. The molecule has 142 valence electrons. The van der Waals surface area contributed by atoms with Gasteiger partial charge in [0.25, 0.3) is 0 Å². The van der Waals surface area contributed by atoms with E-state index >= 15 is 0 Å². The summed E-state index contributed by atoms with van der Waals surface area (Å²) in [5, 5.41) is 5.64. The summed E-state index contributed by atoms with van der Waals surface area (Å²) in [6.45, 7) is 9.56. The molecule has 0 fully saturated rings. The van der Waals surface area contributed by atoms with E-state index in [9.17, 15) is 13.2 Å². The van der Waals surface area contributed by atoms with Gasteiger partial charge in [0.2, 0.25) is 15.9 Å². The van der Waals surface area contributed by atoms with E-state index in [1.807, 2.05) is 6.92 Å². The molecule has 8 heteroatoms. The van der Waals surface area contributed by atoms with Crippen LogP contribution in [-0.2, 0) is 14.8 Å². The van der Waals surface area contributed by atoms with Crippen molar-refractivity contribution in [3.05, 3.63) is 49.6 Å². The van der Waals surface area contributed by atoms with Gasteiger partial charge in [0.1, 0.15) is 0 Å². The fourth-order valence-corrected chi connectivity index (χ4v) is 3.72. The summed E-state index contributed by atoms with van der Waals surface area (Å²) in [6, 6.07) is 6.16.